The van der Waals surface area contributed by atoms with E-state index in [4.69, 9.17) is 11.6 Å². The van der Waals surface area contributed by atoms with Crippen LogP contribution in [0.15, 0.2) is 36.9 Å². The molecule has 0 bridgehead atoms. The van der Waals surface area contributed by atoms with Crippen molar-refractivity contribution in [1.29, 1.82) is 0 Å². The normalized spacial score (nSPS) is 17.9. The quantitative estimate of drug-likeness (QED) is 0.770. The van der Waals surface area contributed by atoms with Crippen LogP contribution < -0.4 is 10.2 Å². The number of carbonyl (C=O) groups excluding carboxylic acids is 1. The van der Waals surface area contributed by atoms with Crippen molar-refractivity contribution in [2.24, 2.45) is 0 Å². The molecule has 0 saturated carbocycles. The Labute approximate surface area is 136 Å². The lowest BCUT2D eigenvalue weighted by atomic mass is 10.2. The van der Waals surface area contributed by atoms with Gasteiger partial charge in [0.05, 0.1) is 6.33 Å². The van der Waals surface area contributed by atoms with Crippen LogP contribution in [0, 0.1) is 0 Å². The number of imidazole rings is 1. The van der Waals surface area contributed by atoms with Gasteiger partial charge >= 0.3 is 0 Å². The molecule has 1 fully saturated rings. The van der Waals surface area contributed by atoms with Crippen LogP contribution in [0.1, 0.15) is 6.42 Å². The molecule has 1 aliphatic rings. The highest BCUT2D eigenvalue weighted by molar-refractivity contribution is 6.30. The molecule has 1 aliphatic heterocycles. The number of hydrogen-bond donors (Lipinski definition) is 2. The SMILES string of the molecule is O=C1[C@@H](Nc2ncnc3nc[nH]c23)CCN1c1ccc(Cl)cc1. The maximum absolute atomic E-state index is 12.6. The van der Waals surface area contributed by atoms with E-state index in [2.05, 4.69) is 25.3 Å². The molecule has 1 atom stereocenters. The number of benzene rings is 1. The molecule has 23 heavy (non-hydrogen) atoms. The molecule has 7 nitrogen and oxygen atoms in total. The maximum Gasteiger partial charge on any atom is 0.249 e. The highest BCUT2D eigenvalue weighted by atomic mass is 35.5. The minimum absolute atomic E-state index is 0.0126. The molecule has 8 heteroatoms. The van der Waals surface area contributed by atoms with Crippen molar-refractivity contribution in [3.8, 4) is 0 Å². The van der Waals surface area contributed by atoms with Crippen LogP contribution in [0.25, 0.3) is 11.2 Å². The largest absolute Gasteiger partial charge is 0.356 e. The summed E-state index contributed by atoms with van der Waals surface area (Å²) in [6.07, 6.45) is 3.68. The van der Waals surface area contributed by atoms with E-state index in [1.807, 2.05) is 12.1 Å². The molecular weight excluding hydrogens is 316 g/mol. The first-order valence-corrected chi connectivity index (χ1v) is 7.58. The highest BCUT2D eigenvalue weighted by Crippen LogP contribution is 2.25. The van der Waals surface area contributed by atoms with Crippen molar-refractivity contribution in [2.45, 2.75) is 12.5 Å². The molecule has 3 aromatic rings. The van der Waals surface area contributed by atoms with Gasteiger partial charge in [0.1, 0.15) is 17.9 Å². The second kappa shape index (κ2) is 5.51. The molecule has 1 aromatic carbocycles. The van der Waals surface area contributed by atoms with Crippen LogP contribution in [-0.4, -0.2) is 38.4 Å². The van der Waals surface area contributed by atoms with Crippen LogP contribution >= 0.6 is 11.6 Å². The highest BCUT2D eigenvalue weighted by Gasteiger charge is 2.33. The van der Waals surface area contributed by atoms with Gasteiger partial charge in [-0.15, -0.1) is 0 Å². The second-order valence-corrected chi connectivity index (χ2v) is 5.71. The van der Waals surface area contributed by atoms with Gasteiger partial charge in [-0.1, -0.05) is 11.6 Å². The minimum atomic E-state index is -0.327. The molecule has 4 rings (SSSR count). The van der Waals surface area contributed by atoms with Crippen LogP contribution in [0.3, 0.4) is 0 Å². The Balaban J connectivity index is 1.56. The van der Waals surface area contributed by atoms with Crippen LogP contribution in [0.2, 0.25) is 5.02 Å². The van der Waals surface area contributed by atoms with Gasteiger partial charge in [0.15, 0.2) is 11.5 Å². The van der Waals surface area contributed by atoms with E-state index in [-0.39, 0.29) is 11.9 Å². The van der Waals surface area contributed by atoms with E-state index in [9.17, 15) is 4.79 Å². The number of H-pyrrole nitrogens is 1. The first kappa shape index (κ1) is 14.0. The molecule has 0 spiro atoms. The molecule has 0 radical (unpaired) electrons. The smallest absolute Gasteiger partial charge is 0.249 e. The predicted molar refractivity (Wildman–Crippen MR) is 87.5 cm³/mol. The predicted octanol–water partition coefficient (Wildman–Crippen LogP) is 2.22. The molecule has 0 unspecified atom stereocenters. The average molecular weight is 329 g/mol. The molecule has 1 saturated heterocycles. The molecule has 0 aliphatic carbocycles. The summed E-state index contributed by atoms with van der Waals surface area (Å²) in [4.78, 5) is 29.7. The van der Waals surface area contributed by atoms with Crippen LogP contribution in [-0.2, 0) is 4.79 Å². The third-order valence-corrected chi connectivity index (χ3v) is 4.13. The number of carbonyl (C=O) groups is 1. The number of aromatic nitrogens is 4. The van der Waals surface area contributed by atoms with E-state index in [0.29, 0.717) is 35.0 Å². The summed E-state index contributed by atoms with van der Waals surface area (Å²) in [5.74, 6) is 0.599. The van der Waals surface area contributed by atoms with Gasteiger partial charge in [0.25, 0.3) is 0 Å². The van der Waals surface area contributed by atoms with E-state index in [1.165, 1.54) is 6.33 Å². The number of fused-ring (bicyclic) bond motifs is 1. The Hall–Kier alpha value is -2.67. The Kier molecular flexibility index (Phi) is 3.34. The molecule has 2 aromatic heterocycles. The van der Waals surface area contributed by atoms with Gasteiger partial charge in [-0.3, -0.25) is 4.79 Å². The number of rotatable bonds is 3. The van der Waals surface area contributed by atoms with Gasteiger partial charge in [-0.25, -0.2) is 15.0 Å². The van der Waals surface area contributed by atoms with Crippen LogP contribution in [0.5, 0.6) is 0 Å². The number of aromatic amines is 1. The number of hydrogen-bond acceptors (Lipinski definition) is 5. The van der Waals surface area contributed by atoms with Gasteiger partial charge in [0.2, 0.25) is 5.91 Å². The summed E-state index contributed by atoms with van der Waals surface area (Å²) < 4.78 is 0. The first-order chi connectivity index (χ1) is 11.2. The summed E-state index contributed by atoms with van der Waals surface area (Å²) in [7, 11) is 0. The van der Waals surface area contributed by atoms with Crippen LogP contribution in [0.4, 0.5) is 11.5 Å². The summed E-state index contributed by atoms with van der Waals surface area (Å²) in [5, 5.41) is 3.84. The zero-order valence-corrected chi connectivity index (χ0v) is 12.8. The van der Waals surface area contributed by atoms with E-state index in [1.54, 1.807) is 23.4 Å². The third kappa shape index (κ3) is 2.49. The van der Waals surface area contributed by atoms with E-state index >= 15 is 0 Å². The second-order valence-electron chi connectivity index (χ2n) is 5.28. The Morgan fingerprint density at radius 3 is 2.87 bits per heavy atom. The summed E-state index contributed by atoms with van der Waals surface area (Å²) in [6, 6.07) is 6.93. The Morgan fingerprint density at radius 2 is 2.04 bits per heavy atom. The maximum atomic E-state index is 12.6. The lowest BCUT2D eigenvalue weighted by molar-refractivity contribution is -0.117. The third-order valence-electron chi connectivity index (χ3n) is 3.88. The van der Waals surface area contributed by atoms with Crippen molar-refractivity contribution in [3.05, 3.63) is 41.9 Å². The summed E-state index contributed by atoms with van der Waals surface area (Å²) >= 11 is 5.90. The number of nitrogens with zero attached hydrogens (tertiary/aromatic N) is 4. The fraction of sp³-hybridized carbons (Fsp3) is 0.200. The molecule has 3 heterocycles. The fourth-order valence-corrected chi connectivity index (χ4v) is 2.86. The Morgan fingerprint density at radius 1 is 1.22 bits per heavy atom. The molecule has 1 amide bonds. The lowest BCUT2D eigenvalue weighted by Gasteiger charge is -2.17. The fourth-order valence-electron chi connectivity index (χ4n) is 2.73. The van der Waals surface area contributed by atoms with Crippen molar-refractivity contribution in [2.75, 3.05) is 16.8 Å². The summed E-state index contributed by atoms with van der Waals surface area (Å²) in [6.45, 7) is 0.648. The Bertz CT molecular complexity index is 862. The van der Waals surface area contributed by atoms with E-state index < -0.39 is 0 Å². The van der Waals surface area contributed by atoms with Gasteiger partial charge in [-0.2, -0.15) is 0 Å². The topological polar surface area (TPSA) is 86.8 Å². The zero-order valence-electron chi connectivity index (χ0n) is 12.0. The first-order valence-electron chi connectivity index (χ1n) is 7.20. The van der Waals surface area contributed by atoms with Gasteiger partial charge in [0, 0.05) is 17.3 Å². The van der Waals surface area contributed by atoms with Crippen molar-refractivity contribution in [1.82, 2.24) is 19.9 Å². The monoisotopic (exact) mass is 328 g/mol. The minimum Gasteiger partial charge on any atom is -0.356 e. The number of amides is 1. The molecule has 2 N–H and O–H groups in total. The average Bonchev–Trinajstić information content (AvgIpc) is 3.17. The number of anilines is 2. The zero-order chi connectivity index (χ0) is 15.8. The van der Waals surface area contributed by atoms with Crippen molar-refractivity contribution < 1.29 is 4.79 Å². The van der Waals surface area contributed by atoms with E-state index in [0.717, 1.165) is 5.69 Å². The van der Waals surface area contributed by atoms with Gasteiger partial charge in [-0.05, 0) is 30.7 Å². The summed E-state index contributed by atoms with van der Waals surface area (Å²) in [5.41, 5.74) is 2.12. The number of nitrogens with one attached hydrogen (secondary N) is 2. The molecule has 116 valence electrons. The standard InChI is InChI=1S/C15H13ClN6O/c16-9-1-3-10(4-2-9)22-6-5-11(15(22)23)21-14-12-13(18-7-17-12)19-8-20-14/h1-4,7-8,11H,5-6H2,(H2,17,18,19,20,21)/t11-/m0/s1. The van der Waals surface area contributed by atoms with Crippen molar-refractivity contribution >= 4 is 40.2 Å². The molecular formula is C15H13ClN6O. The number of halogens is 1. The lowest BCUT2D eigenvalue weighted by Crippen LogP contribution is -2.33. The van der Waals surface area contributed by atoms with Crippen molar-refractivity contribution in [3.63, 3.8) is 0 Å². The van der Waals surface area contributed by atoms with Gasteiger partial charge < -0.3 is 15.2 Å².